The number of esters is 1. The molecule has 1 amide bonds. The van der Waals surface area contributed by atoms with Crippen molar-refractivity contribution in [2.24, 2.45) is 5.73 Å². The molecule has 1 atom stereocenters. The van der Waals surface area contributed by atoms with Gasteiger partial charge < -0.3 is 20.5 Å². The molecule has 0 radical (unpaired) electrons. The Morgan fingerprint density at radius 2 is 2.12 bits per heavy atom. The third-order valence-corrected chi connectivity index (χ3v) is 1.76. The Morgan fingerprint density at radius 3 is 2.69 bits per heavy atom. The first-order chi connectivity index (χ1) is 7.56. The minimum Gasteiger partial charge on any atom is -0.466 e. The molecule has 0 spiro atoms. The Bertz CT molecular complexity index is 221. The molecular formula is C10H20N2O4. The van der Waals surface area contributed by atoms with E-state index in [-0.39, 0.29) is 18.6 Å². The number of hydrogen-bond donors (Lipinski definition) is 2. The fourth-order valence-electron chi connectivity index (χ4n) is 1.09. The van der Waals surface area contributed by atoms with Crippen LogP contribution in [0.15, 0.2) is 0 Å². The maximum Gasteiger partial charge on any atom is 0.307 e. The van der Waals surface area contributed by atoms with Crippen molar-refractivity contribution in [2.45, 2.75) is 26.3 Å². The Labute approximate surface area is 95.5 Å². The largest absolute Gasteiger partial charge is 0.466 e. The van der Waals surface area contributed by atoms with Crippen molar-refractivity contribution >= 4 is 11.9 Å². The highest BCUT2D eigenvalue weighted by molar-refractivity contribution is 5.74. The molecule has 16 heavy (non-hydrogen) atoms. The molecule has 0 aromatic rings. The average Bonchev–Trinajstić information content (AvgIpc) is 2.16. The second-order valence-corrected chi connectivity index (χ2v) is 3.38. The lowest BCUT2D eigenvalue weighted by molar-refractivity contribution is -0.143. The summed E-state index contributed by atoms with van der Waals surface area (Å²) < 4.78 is 9.74. The third-order valence-electron chi connectivity index (χ3n) is 1.76. The molecule has 0 saturated heterocycles. The Hall–Kier alpha value is -1.14. The van der Waals surface area contributed by atoms with E-state index in [0.29, 0.717) is 26.2 Å². The fraction of sp³-hybridized carbons (Fsp3) is 0.800. The van der Waals surface area contributed by atoms with E-state index in [0.717, 1.165) is 0 Å². The lowest BCUT2D eigenvalue weighted by atomic mass is 10.2. The van der Waals surface area contributed by atoms with Crippen LogP contribution in [0.2, 0.25) is 0 Å². The quantitative estimate of drug-likeness (QED) is 0.410. The molecule has 0 bridgehead atoms. The first-order valence-corrected chi connectivity index (χ1v) is 5.31. The second kappa shape index (κ2) is 9.11. The number of primary amides is 1. The van der Waals surface area contributed by atoms with Crippen molar-refractivity contribution in [1.29, 1.82) is 0 Å². The van der Waals surface area contributed by atoms with Crippen LogP contribution in [0.25, 0.3) is 0 Å². The summed E-state index contributed by atoms with van der Waals surface area (Å²) >= 11 is 0. The van der Waals surface area contributed by atoms with Crippen LogP contribution in [0.4, 0.5) is 0 Å². The lowest BCUT2D eigenvalue weighted by Crippen LogP contribution is -2.32. The molecule has 0 aromatic carbocycles. The first kappa shape index (κ1) is 14.9. The van der Waals surface area contributed by atoms with E-state index in [1.165, 1.54) is 0 Å². The normalized spacial score (nSPS) is 12.1. The summed E-state index contributed by atoms with van der Waals surface area (Å²) in [7, 11) is 0. The van der Waals surface area contributed by atoms with E-state index in [1.807, 2.05) is 6.92 Å². The van der Waals surface area contributed by atoms with Gasteiger partial charge in [0.1, 0.15) is 6.61 Å². The van der Waals surface area contributed by atoms with Crippen molar-refractivity contribution in [3.05, 3.63) is 0 Å². The molecule has 0 aliphatic rings. The molecule has 0 aromatic heterocycles. The number of carbonyl (C=O) groups excluding carboxylic acids is 2. The molecule has 0 heterocycles. The van der Waals surface area contributed by atoms with Gasteiger partial charge in [0.05, 0.1) is 19.6 Å². The van der Waals surface area contributed by atoms with Gasteiger partial charge >= 0.3 is 5.97 Å². The average molecular weight is 232 g/mol. The first-order valence-electron chi connectivity index (χ1n) is 5.31. The summed E-state index contributed by atoms with van der Waals surface area (Å²) in [5.74, 6) is -0.708. The van der Waals surface area contributed by atoms with Crippen LogP contribution >= 0.6 is 0 Å². The summed E-state index contributed by atoms with van der Waals surface area (Å²) in [5.41, 5.74) is 4.89. The molecule has 0 saturated carbocycles. The summed E-state index contributed by atoms with van der Waals surface area (Å²) in [4.78, 5) is 21.4. The Morgan fingerprint density at radius 1 is 1.44 bits per heavy atom. The van der Waals surface area contributed by atoms with Gasteiger partial charge in [0.15, 0.2) is 0 Å². The zero-order valence-electron chi connectivity index (χ0n) is 9.82. The summed E-state index contributed by atoms with van der Waals surface area (Å²) in [5, 5.41) is 3.07. The van der Waals surface area contributed by atoms with E-state index in [4.69, 9.17) is 15.2 Å². The van der Waals surface area contributed by atoms with Crippen LogP contribution < -0.4 is 11.1 Å². The standard InChI is InChI=1S/C10H20N2O4/c1-3-16-10(14)6-8(2)12-4-5-15-7-9(11)13/h8,12H,3-7H2,1-2H3,(H2,11,13). The number of ether oxygens (including phenoxy) is 2. The summed E-state index contributed by atoms with van der Waals surface area (Å²) in [6.45, 7) is 4.92. The minimum absolute atomic E-state index is 0.0243. The van der Waals surface area contributed by atoms with Gasteiger partial charge in [-0.1, -0.05) is 0 Å². The number of rotatable bonds is 9. The van der Waals surface area contributed by atoms with Gasteiger partial charge in [0.25, 0.3) is 0 Å². The van der Waals surface area contributed by atoms with Gasteiger partial charge in [-0.25, -0.2) is 0 Å². The third kappa shape index (κ3) is 9.42. The van der Waals surface area contributed by atoms with E-state index in [2.05, 4.69) is 5.32 Å². The van der Waals surface area contributed by atoms with Crippen LogP contribution in [0.1, 0.15) is 20.3 Å². The molecular weight excluding hydrogens is 212 g/mol. The predicted molar refractivity (Wildman–Crippen MR) is 58.7 cm³/mol. The maximum atomic E-state index is 11.1. The number of carbonyl (C=O) groups is 2. The molecule has 0 aliphatic carbocycles. The van der Waals surface area contributed by atoms with Crippen LogP contribution in [-0.4, -0.2) is 44.3 Å². The van der Waals surface area contributed by atoms with Crippen LogP contribution in [-0.2, 0) is 19.1 Å². The summed E-state index contributed by atoms with van der Waals surface area (Å²) in [6.07, 6.45) is 0.323. The molecule has 0 fully saturated rings. The van der Waals surface area contributed by atoms with E-state index >= 15 is 0 Å². The number of amides is 1. The summed E-state index contributed by atoms with van der Waals surface area (Å²) in [6, 6.07) is 0.0243. The smallest absolute Gasteiger partial charge is 0.307 e. The van der Waals surface area contributed by atoms with Crippen molar-refractivity contribution in [1.82, 2.24) is 5.32 Å². The highest BCUT2D eigenvalue weighted by Crippen LogP contribution is 1.93. The van der Waals surface area contributed by atoms with Crippen molar-refractivity contribution < 1.29 is 19.1 Å². The Kier molecular flexibility index (Phi) is 8.46. The number of nitrogens with two attached hydrogens (primary N) is 1. The molecule has 0 rings (SSSR count). The molecule has 1 unspecified atom stereocenters. The van der Waals surface area contributed by atoms with Gasteiger partial charge in [-0.2, -0.15) is 0 Å². The van der Waals surface area contributed by atoms with Gasteiger partial charge in [-0.05, 0) is 13.8 Å². The van der Waals surface area contributed by atoms with Crippen LogP contribution in [0.5, 0.6) is 0 Å². The van der Waals surface area contributed by atoms with E-state index in [9.17, 15) is 9.59 Å². The molecule has 6 nitrogen and oxygen atoms in total. The van der Waals surface area contributed by atoms with Crippen molar-refractivity contribution in [3.8, 4) is 0 Å². The maximum absolute atomic E-state index is 11.1. The van der Waals surface area contributed by atoms with Crippen molar-refractivity contribution in [2.75, 3.05) is 26.4 Å². The van der Waals surface area contributed by atoms with E-state index < -0.39 is 5.91 Å². The van der Waals surface area contributed by atoms with Crippen LogP contribution in [0.3, 0.4) is 0 Å². The molecule has 0 aliphatic heterocycles. The highest BCUT2D eigenvalue weighted by atomic mass is 16.5. The number of nitrogens with one attached hydrogen (secondary N) is 1. The van der Waals surface area contributed by atoms with Gasteiger partial charge in [-0.3, -0.25) is 9.59 Å². The minimum atomic E-state index is -0.487. The lowest BCUT2D eigenvalue weighted by Gasteiger charge is -2.12. The predicted octanol–water partition coefficient (Wildman–Crippen LogP) is -0.580. The van der Waals surface area contributed by atoms with E-state index in [1.54, 1.807) is 6.92 Å². The second-order valence-electron chi connectivity index (χ2n) is 3.38. The topological polar surface area (TPSA) is 90.7 Å². The van der Waals surface area contributed by atoms with Crippen molar-refractivity contribution in [3.63, 3.8) is 0 Å². The Balaban J connectivity index is 3.39. The zero-order chi connectivity index (χ0) is 12.4. The fourth-order valence-corrected chi connectivity index (χ4v) is 1.09. The van der Waals surface area contributed by atoms with Gasteiger partial charge in [0, 0.05) is 12.6 Å². The molecule has 3 N–H and O–H groups in total. The van der Waals surface area contributed by atoms with Gasteiger partial charge in [0.2, 0.25) is 5.91 Å². The molecule has 94 valence electrons. The zero-order valence-corrected chi connectivity index (χ0v) is 9.82. The SMILES string of the molecule is CCOC(=O)CC(C)NCCOCC(N)=O. The number of hydrogen-bond acceptors (Lipinski definition) is 5. The molecule has 6 heteroatoms. The van der Waals surface area contributed by atoms with Crippen LogP contribution in [0, 0.1) is 0 Å². The highest BCUT2D eigenvalue weighted by Gasteiger charge is 2.08. The van der Waals surface area contributed by atoms with Gasteiger partial charge in [-0.15, -0.1) is 0 Å². The monoisotopic (exact) mass is 232 g/mol.